The van der Waals surface area contributed by atoms with E-state index in [1.54, 1.807) is 24.3 Å². The van der Waals surface area contributed by atoms with E-state index in [2.05, 4.69) is 5.32 Å². The van der Waals surface area contributed by atoms with Crippen LogP contribution in [0.5, 0.6) is 0 Å². The summed E-state index contributed by atoms with van der Waals surface area (Å²) >= 11 is 5.88. The molecule has 2 aromatic carbocycles. The Morgan fingerprint density at radius 3 is 2.47 bits per heavy atom. The molecule has 2 aromatic rings. The van der Waals surface area contributed by atoms with E-state index in [0.29, 0.717) is 12.1 Å². The van der Waals surface area contributed by atoms with Crippen LogP contribution in [0.1, 0.15) is 24.1 Å². The van der Waals surface area contributed by atoms with Crippen LogP contribution >= 0.6 is 11.6 Å². The van der Waals surface area contributed by atoms with E-state index in [0.717, 1.165) is 5.56 Å². The van der Waals surface area contributed by atoms with Crippen molar-refractivity contribution in [1.29, 1.82) is 0 Å². The van der Waals surface area contributed by atoms with Gasteiger partial charge < -0.3 is 5.32 Å². The topological polar surface area (TPSA) is 12.0 Å². The van der Waals surface area contributed by atoms with E-state index >= 15 is 0 Å². The van der Waals surface area contributed by atoms with Crippen LogP contribution in [0.25, 0.3) is 0 Å². The van der Waals surface area contributed by atoms with Crippen molar-refractivity contribution in [3.63, 3.8) is 0 Å². The van der Waals surface area contributed by atoms with Gasteiger partial charge in [-0.05, 0) is 36.2 Å². The summed E-state index contributed by atoms with van der Waals surface area (Å²) in [5, 5.41) is 3.37. The predicted octanol–water partition coefficient (Wildman–Crippen LogP) is 4.47. The highest BCUT2D eigenvalue weighted by molar-refractivity contribution is 6.31. The lowest BCUT2D eigenvalue weighted by Crippen LogP contribution is -2.18. The largest absolute Gasteiger partial charge is 0.306 e. The summed E-state index contributed by atoms with van der Waals surface area (Å²) in [6.45, 7) is 2.41. The fourth-order valence-electron chi connectivity index (χ4n) is 1.82. The standard InChI is InChI=1S/C15H14ClF2N/c1-10(11-5-7-13(17)8-6-11)19-9-12-3-2-4-14(18)15(12)16/h2-8,10,19H,9H2,1H3/t10-/m0/s1. The van der Waals surface area contributed by atoms with Gasteiger partial charge in [-0.15, -0.1) is 0 Å². The second-order valence-corrected chi connectivity index (χ2v) is 4.75. The highest BCUT2D eigenvalue weighted by Crippen LogP contribution is 2.21. The molecule has 4 heteroatoms. The van der Waals surface area contributed by atoms with Crippen molar-refractivity contribution < 1.29 is 8.78 Å². The molecule has 100 valence electrons. The molecular formula is C15H14ClF2N. The summed E-state index contributed by atoms with van der Waals surface area (Å²) in [5.74, 6) is -0.681. The van der Waals surface area contributed by atoms with Crippen LogP contribution in [0, 0.1) is 11.6 Å². The predicted molar refractivity (Wildman–Crippen MR) is 73.1 cm³/mol. The molecule has 0 amide bonds. The van der Waals surface area contributed by atoms with E-state index in [1.165, 1.54) is 18.2 Å². The lowest BCUT2D eigenvalue weighted by atomic mass is 10.1. The van der Waals surface area contributed by atoms with Crippen molar-refractivity contribution in [2.45, 2.75) is 19.5 Å². The molecule has 19 heavy (non-hydrogen) atoms. The molecule has 0 heterocycles. The second kappa shape index (κ2) is 6.13. The van der Waals surface area contributed by atoms with Crippen LogP contribution in [-0.2, 0) is 6.54 Å². The molecule has 0 aromatic heterocycles. The molecular weight excluding hydrogens is 268 g/mol. The van der Waals surface area contributed by atoms with Gasteiger partial charge in [-0.2, -0.15) is 0 Å². The molecule has 2 rings (SSSR count). The van der Waals surface area contributed by atoms with E-state index < -0.39 is 5.82 Å². The maximum absolute atomic E-state index is 13.3. The molecule has 0 saturated carbocycles. The van der Waals surface area contributed by atoms with Crippen LogP contribution in [-0.4, -0.2) is 0 Å². The fraction of sp³-hybridized carbons (Fsp3) is 0.200. The van der Waals surface area contributed by atoms with Gasteiger partial charge in [0.15, 0.2) is 0 Å². The van der Waals surface area contributed by atoms with Gasteiger partial charge in [0.1, 0.15) is 11.6 Å². The summed E-state index contributed by atoms with van der Waals surface area (Å²) in [5.41, 5.74) is 1.67. The average Bonchev–Trinajstić information content (AvgIpc) is 2.41. The first-order chi connectivity index (χ1) is 9.08. The van der Waals surface area contributed by atoms with Crippen molar-refractivity contribution >= 4 is 11.6 Å². The van der Waals surface area contributed by atoms with Gasteiger partial charge in [-0.3, -0.25) is 0 Å². The van der Waals surface area contributed by atoms with Crippen LogP contribution < -0.4 is 5.32 Å². The van der Waals surface area contributed by atoms with E-state index in [4.69, 9.17) is 11.6 Å². The maximum atomic E-state index is 13.3. The number of hydrogen-bond acceptors (Lipinski definition) is 1. The van der Waals surface area contributed by atoms with Gasteiger partial charge in [0, 0.05) is 12.6 Å². The third-order valence-corrected chi connectivity index (χ3v) is 3.42. The van der Waals surface area contributed by atoms with Crippen molar-refractivity contribution in [2.24, 2.45) is 0 Å². The molecule has 0 fully saturated rings. The maximum Gasteiger partial charge on any atom is 0.142 e. The number of benzene rings is 2. The first-order valence-electron chi connectivity index (χ1n) is 5.99. The average molecular weight is 282 g/mol. The molecule has 0 radical (unpaired) electrons. The fourth-order valence-corrected chi connectivity index (χ4v) is 2.01. The Kier molecular flexibility index (Phi) is 4.51. The summed E-state index contributed by atoms with van der Waals surface area (Å²) < 4.78 is 26.1. The Hall–Kier alpha value is -1.45. The Balaban J connectivity index is 2.02. The Bertz CT molecular complexity index is 555. The van der Waals surface area contributed by atoms with E-state index in [9.17, 15) is 8.78 Å². The Morgan fingerprint density at radius 1 is 1.11 bits per heavy atom. The van der Waals surface area contributed by atoms with E-state index in [1.807, 2.05) is 6.92 Å². The van der Waals surface area contributed by atoms with E-state index in [-0.39, 0.29) is 16.9 Å². The zero-order chi connectivity index (χ0) is 13.8. The summed E-state index contributed by atoms with van der Waals surface area (Å²) in [7, 11) is 0. The quantitative estimate of drug-likeness (QED) is 0.872. The lowest BCUT2D eigenvalue weighted by Gasteiger charge is -2.15. The Morgan fingerprint density at radius 2 is 1.79 bits per heavy atom. The minimum atomic E-state index is -0.421. The normalized spacial score (nSPS) is 12.4. The van der Waals surface area contributed by atoms with Crippen LogP contribution in [0.4, 0.5) is 8.78 Å². The van der Waals surface area contributed by atoms with Crippen LogP contribution in [0.3, 0.4) is 0 Å². The smallest absolute Gasteiger partial charge is 0.142 e. The minimum Gasteiger partial charge on any atom is -0.306 e. The van der Waals surface area contributed by atoms with Crippen molar-refractivity contribution in [3.8, 4) is 0 Å². The lowest BCUT2D eigenvalue weighted by molar-refractivity contribution is 0.566. The molecule has 0 spiro atoms. The third kappa shape index (κ3) is 3.52. The van der Waals surface area contributed by atoms with Crippen molar-refractivity contribution in [1.82, 2.24) is 5.32 Å². The molecule has 0 saturated heterocycles. The molecule has 1 nitrogen and oxygen atoms in total. The molecule has 0 aliphatic heterocycles. The molecule has 0 aliphatic rings. The summed E-state index contributed by atoms with van der Waals surface area (Å²) in [6, 6.07) is 11.0. The zero-order valence-corrected chi connectivity index (χ0v) is 11.2. The monoisotopic (exact) mass is 281 g/mol. The first-order valence-corrected chi connectivity index (χ1v) is 6.37. The molecule has 1 atom stereocenters. The zero-order valence-electron chi connectivity index (χ0n) is 10.5. The molecule has 0 bridgehead atoms. The van der Waals surface area contributed by atoms with Gasteiger partial charge in [0.25, 0.3) is 0 Å². The van der Waals surface area contributed by atoms with Crippen molar-refractivity contribution in [3.05, 3.63) is 70.2 Å². The number of rotatable bonds is 4. The molecule has 0 unspecified atom stereocenters. The van der Waals surface area contributed by atoms with Gasteiger partial charge in [-0.25, -0.2) is 8.78 Å². The summed E-state index contributed by atoms with van der Waals surface area (Å²) in [4.78, 5) is 0. The number of nitrogens with one attached hydrogen (secondary N) is 1. The minimum absolute atomic E-state index is 0.0277. The first kappa shape index (κ1) is 14.0. The molecule has 0 aliphatic carbocycles. The van der Waals surface area contributed by atoms with Crippen LogP contribution in [0.2, 0.25) is 5.02 Å². The highest BCUT2D eigenvalue weighted by atomic mass is 35.5. The van der Waals surface area contributed by atoms with Crippen molar-refractivity contribution in [2.75, 3.05) is 0 Å². The highest BCUT2D eigenvalue weighted by Gasteiger charge is 2.08. The van der Waals surface area contributed by atoms with Gasteiger partial charge >= 0.3 is 0 Å². The van der Waals surface area contributed by atoms with Gasteiger partial charge in [0.2, 0.25) is 0 Å². The van der Waals surface area contributed by atoms with Gasteiger partial charge in [-0.1, -0.05) is 35.9 Å². The third-order valence-electron chi connectivity index (χ3n) is 3.00. The number of halogens is 3. The number of hydrogen-bond donors (Lipinski definition) is 1. The Labute approximate surface area is 116 Å². The second-order valence-electron chi connectivity index (χ2n) is 4.37. The SMILES string of the molecule is C[C@H](NCc1cccc(F)c1Cl)c1ccc(F)cc1. The molecule has 1 N–H and O–H groups in total. The summed E-state index contributed by atoms with van der Waals surface area (Å²) in [6.07, 6.45) is 0. The van der Waals surface area contributed by atoms with Gasteiger partial charge in [0.05, 0.1) is 5.02 Å². The van der Waals surface area contributed by atoms with Crippen LogP contribution in [0.15, 0.2) is 42.5 Å².